The first-order valence-electron chi connectivity index (χ1n) is 11.0. The maximum absolute atomic E-state index is 12.4. The molecular formula is C27H31NO3. The Morgan fingerprint density at radius 2 is 1.65 bits per heavy atom. The zero-order chi connectivity index (χ0) is 22.1. The van der Waals surface area contributed by atoms with Gasteiger partial charge in [0.25, 0.3) is 0 Å². The third-order valence-corrected chi connectivity index (χ3v) is 5.18. The van der Waals surface area contributed by atoms with E-state index in [4.69, 9.17) is 9.47 Å². The molecule has 4 nitrogen and oxygen atoms in total. The molecule has 4 heteroatoms. The molecule has 3 aromatic rings. The minimum atomic E-state index is -0.296. The molecule has 0 heterocycles. The Morgan fingerprint density at radius 1 is 0.871 bits per heavy atom. The van der Waals surface area contributed by atoms with E-state index in [2.05, 4.69) is 30.9 Å². The number of anilines is 1. The second-order valence-electron chi connectivity index (χ2n) is 7.34. The van der Waals surface area contributed by atoms with Gasteiger partial charge in [-0.3, -0.25) is 0 Å². The molecule has 31 heavy (non-hydrogen) atoms. The molecule has 0 aliphatic heterocycles. The molecule has 3 rings (SSSR count). The Kier molecular flexibility index (Phi) is 8.11. The predicted octanol–water partition coefficient (Wildman–Crippen LogP) is 6.35. The highest BCUT2D eigenvalue weighted by molar-refractivity contribution is 5.91. The van der Waals surface area contributed by atoms with Gasteiger partial charge < -0.3 is 14.4 Å². The zero-order valence-electron chi connectivity index (χ0n) is 18.6. The number of ether oxygens (including phenoxy) is 2. The first-order chi connectivity index (χ1) is 15.2. The smallest absolute Gasteiger partial charge is 0.338 e. The number of hydrogen-bond acceptors (Lipinski definition) is 4. The first-order valence-corrected chi connectivity index (χ1v) is 11.0. The first kappa shape index (κ1) is 22.4. The fourth-order valence-corrected chi connectivity index (χ4v) is 3.48. The number of nitrogens with zero attached hydrogens (tertiary/aromatic N) is 1. The molecular weight excluding hydrogens is 386 g/mol. The maximum atomic E-state index is 12.4. The Balaban J connectivity index is 1.96. The zero-order valence-corrected chi connectivity index (χ0v) is 18.6. The van der Waals surface area contributed by atoms with E-state index in [9.17, 15) is 4.79 Å². The van der Waals surface area contributed by atoms with Crippen molar-refractivity contribution >= 4 is 11.7 Å². The molecule has 0 N–H and O–H groups in total. The van der Waals surface area contributed by atoms with Crippen LogP contribution in [0.15, 0.2) is 72.8 Å². The lowest BCUT2D eigenvalue weighted by molar-refractivity contribution is 0.0505. The summed E-state index contributed by atoms with van der Waals surface area (Å²) < 4.78 is 11.5. The van der Waals surface area contributed by atoms with Crippen molar-refractivity contribution in [3.8, 4) is 16.9 Å². The molecule has 3 aromatic carbocycles. The minimum absolute atomic E-state index is 0.296. The van der Waals surface area contributed by atoms with Crippen LogP contribution in [-0.2, 0) is 11.3 Å². The lowest BCUT2D eigenvalue weighted by Crippen LogP contribution is -2.21. The summed E-state index contributed by atoms with van der Waals surface area (Å²) in [4.78, 5) is 14.7. The third kappa shape index (κ3) is 5.88. The van der Waals surface area contributed by atoms with Gasteiger partial charge in [0.05, 0.1) is 12.2 Å². The van der Waals surface area contributed by atoms with Crippen LogP contribution < -0.4 is 9.64 Å². The Bertz CT molecular complexity index is 981. The molecule has 0 bridgehead atoms. The van der Waals surface area contributed by atoms with Crippen LogP contribution in [0.3, 0.4) is 0 Å². The summed E-state index contributed by atoms with van der Waals surface area (Å²) in [5, 5.41) is 0. The largest absolute Gasteiger partial charge is 0.488 e. The molecule has 0 saturated carbocycles. The summed E-state index contributed by atoms with van der Waals surface area (Å²) in [5.74, 6) is 0.495. The highest BCUT2D eigenvalue weighted by atomic mass is 16.5. The lowest BCUT2D eigenvalue weighted by atomic mass is 10.0. The fourth-order valence-electron chi connectivity index (χ4n) is 3.48. The highest BCUT2D eigenvalue weighted by Crippen LogP contribution is 2.35. The Morgan fingerprint density at radius 3 is 2.35 bits per heavy atom. The van der Waals surface area contributed by atoms with Crippen LogP contribution in [0.5, 0.6) is 5.75 Å². The molecule has 0 aromatic heterocycles. The quantitative estimate of drug-likeness (QED) is 0.361. The molecule has 0 fully saturated rings. The standard InChI is InChI=1S/C27H31NO3/c1-4-17-30-27(29)23-14-10-13-22(18-23)25-19-24(28(5-2)6-3)15-16-26(25)31-20-21-11-8-7-9-12-21/h7-16,18-19H,4-6,17,20H2,1-3H3. The van der Waals surface area contributed by atoms with E-state index in [0.717, 1.165) is 47.6 Å². The number of carbonyl (C=O) groups excluding carboxylic acids is 1. The van der Waals surface area contributed by atoms with Gasteiger partial charge in [0.1, 0.15) is 12.4 Å². The van der Waals surface area contributed by atoms with Gasteiger partial charge in [0.15, 0.2) is 0 Å². The SMILES string of the molecule is CCCOC(=O)c1cccc(-c2cc(N(CC)CC)ccc2OCc2ccccc2)c1. The van der Waals surface area contributed by atoms with E-state index in [1.165, 1.54) is 0 Å². The van der Waals surface area contributed by atoms with Crippen molar-refractivity contribution in [1.29, 1.82) is 0 Å². The molecule has 0 atom stereocenters. The van der Waals surface area contributed by atoms with Gasteiger partial charge in [-0.2, -0.15) is 0 Å². The van der Waals surface area contributed by atoms with Gasteiger partial charge in [0, 0.05) is 24.3 Å². The maximum Gasteiger partial charge on any atom is 0.338 e. The second-order valence-corrected chi connectivity index (χ2v) is 7.34. The van der Waals surface area contributed by atoms with Crippen molar-refractivity contribution in [2.75, 3.05) is 24.6 Å². The van der Waals surface area contributed by atoms with E-state index < -0.39 is 0 Å². The molecule has 0 amide bonds. The van der Waals surface area contributed by atoms with Crippen LogP contribution in [0.2, 0.25) is 0 Å². The number of hydrogen-bond donors (Lipinski definition) is 0. The van der Waals surface area contributed by atoms with Crippen molar-refractivity contribution in [2.45, 2.75) is 33.8 Å². The third-order valence-electron chi connectivity index (χ3n) is 5.18. The van der Waals surface area contributed by atoms with Gasteiger partial charge in [0.2, 0.25) is 0 Å². The summed E-state index contributed by atoms with van der Waals surface area (Å²) in [6.45, 7) is 9.02. The van der Waals surface area contributed by atoms with Gasteiger partial charge in [-0.25, -0.2) is 4.79 Å². The van der Waals surface area contributed by atoms with Crippen molar-refractivity contribution in [3.05, 3.63) is 83.9 Å². The van der Waals surface area contributed by atoms with Gasteiger partial charge in [-0.05, 0) is 61.7 Å². The van der Waals surface area contributed by atoms with E-state index in [1.54, 1.807) is 6.07 Å². The van der Waals surface area contributed by atoms with Gasteiger partial charge in [-0.15, -0.1) is 0 Å². The summed E-state index contributed by atoms with van der Waals surface area (Å²) in [6.07, 6.45) is 0.800. The number of rotatable bonds is 10. The van der Waals surface area contributed by atoms with Gasteiger partial charge >= 0.3 is 5.97 Å². The summed E-state index contributed by atoms with van der Waals surface area (Å²) in [6, 6.07) is 23.9. The number of carbonyl (C=O) groups is 1. The van der Waals surface area contributed by atoms with Crippen molar-refractivity contribution in [2.24, 2.45) is 0 Å². The second kappa shape index (κ2) is 11.2. The lowest BCUT2D eigenvalue weighted by Gasteiger charge is -2.23. The molecule has 0 unspecified atom stereocenters. The van der Waals surface area contributed by atoms with Crippen LogP contribution in [0.4, 0.5) is 5.69 Å². The minimum Gasteiger partial charge on any atom is -0.488 e. The van der Waals surface area contributed by atoms with E-state index in [0.29, 0.717) is 18.8 Å². The van der Waals surface area contributed by atoms with Gasteiger partial charge in [-0.1, -0.05) is 49.4 Å². The Labute approximate surface area is 185 Å². The molecule has 0 radical (unpaired) electrons. The van der Waals surface area contributed by atoms with Crippen molar-refractivity contribution < 1.29 is 14.3 Å². The summed E-state index contributed by atoms with van der Waals surface area (Å²) in [5.41, 5.74) is 4.69. The molecule has 0 aliphatic carbocycles. The van der Waals surface area contributed by atoms with E-state index in [1.807, 2.05) is 61.5 Å². The normalized spacial score (nSPS) is 10.5. The fraction of sp³-hybridized carbons (Fsp3) is 0.296. The van der Waals surface area contributed by atoms with E-state index in [-0.39, 0.29) is 5.97 Å². The van der Waals surface area contributed by atoms with Crippen molar-refractivity contribution in [3.63, 3.8) is 0 Å². The summed E-state index contributed by atoms with van der Waals surface area (Å²) in [7, 11) is 0. The average molecular weight is 418 g/mol. The highest BCUT2D eigenvalue weighted by Gasteiger charge is 2.14. The molecule has 162 valence electrons. The topological polar surface area (TPSA) is 38.8 Å². The van der Waals surface area contributed by atoms with Crippen LogP contribution in [0.1, 0.15) is 43.1 Å². The molecule has 0 aliphatic rings. The summed E-state index contributed by atoms with van der Waals surface area (Å²) >= 11 is 0. The molecule has 0 spiro atoms. The Hall–Kier alpha value is -3.27. The van der Waals surface area contributed by atoms with Crippen LogP contribution in [-0.4, -0.2) is 25.7 Å². The number of benzene rings is 3. The predicted molar refractivity (Wildman–Crippen MR) is 127 cm³/mol. The van der Waals surface area contributed by atoms with Crippen molar-refractivity contribution in [1.82, 2.24) is 0 Å². The van der Waals surface area contributed by atoms with Crippen LogP contribution in [0.25, 0.3) is 11.1 Å². The molecule has 0 saturated heterocycles. The van der Waals surface area contributed by atoms with Crippen LogP contribution in [0, 0.1) is 0 Å². The number of esters is 1. The average Bonchev–Trinajstić information content (AvgIpc) is 2.83. The van der Waals surface area contributed by atoms with Crippen LogP contribution >= 0.6 is 0 Å². The monoisotopic (exact) mass is 417 g/mol. The van der Waals surface area contributed by atoms with E-state index >= 15 is 0 Å².